The van der Waals surface area contributed by atoms with Crippen molar-refractivity contribution in [2.45, 2.75) is 51.3 Å². The van der Waals surface area contributed by atoms with E-state index in [0.717, 1.165) is 26.6 Å². The molecular formula is C40H40N2O6S. The van der Waals surface area contributed by atoms with Gasteiger partial charge in [-0.2, -0.15) is 4.31 Å². The summed E-state index contributed by atoms with van der Waals surface area (Å²) in [4.78, 5) is 27.5. The van der Waals surface area contributed by atoms with Crippen LogP contribution in [-0.2, 0) is 39.2 Å². The van der Waals surface area contributed by atoms with Crippen molar-refractivity contribution in [1.29, 1.82) is 0 Å². The third-order valence-corrected chi connectivity index (χ3v) is 10.3. The molecule has 0 saturated heterocycles. The molecule has 1 atom stereocenters. The molecular weight excluding hydrogens is 637 g/mol. The number of carbonyl (C=O) groups excluding carboxylic acids is 2. The lowest BCUT2D eigenvalue weighted by Crippen LogP contribution is -2.46. The molecule has 1 unspecified atom stereocenters. The van der Waals surface area contributed by atoms with Crippen LogP contribution in [0, 0.1) is 20.8 Å². The summed E-state index contributed by atoms with van der Waals surface area (Å²) < 4.78 is 41.1. The molecule has 0 aliphatic carbocycles. The zero-order valence-electron chi connectivity index (χ0n) is 28.1. The predicted octanol–water partition coefficient (Wildman–Crippen LogP) is 7.42. The molecule has 0 radical (unpaired) electrons. The van der Waals surface area contributed by atoms with E-state index in [0.29, 0.717) is 16.8 Å². The number of nitrogens with one attached hydrogen (secondary N) is 1. The molecule has 9 heteroatoms. The van der Waals surface area contributed by atoms with Crippen LogP contribution in [0.3, 0.4) is 0 Å². The van der Waals surface area contributed by atoms with Crippen molar-refractivity contribution >= 4 is 27.6 Å². The second-order valence-corrected chi connectivity index (χ2v) is 13.9. The lowest BCUT2D eigenvalue weighted by Gasteiger charge is -2.28. The van der Waals surface area contributed by atoms with E-state index in [-0.39, 0.29) is 35.8 Å². The van der Waals surface area contributed by atoms with Gasteiger partial charge in [-0.3, -0.25) is 4.79 Å². The molecule has 0 fully saturated rings. The maximum atomic E-state index is 14.1. The number of nitrogens with zero attached hydrogens (tertiary/aromatic N) is 1. The normalized spacial score (nSPS) is 11.9. The lowest BCUT2D eigenvalue weighted by atomic mass is 10.1. The molecule has 5 aromatic rings. The van der Waals surface area contributed by atoms with Crippen molar-refractivity contribution < 1.29 is 27.5 Å². The van der Waals surface area contributed by atoms with E-state index >= 15 is 0 Å². The topological polar surface area (TPSA) is 102 Å². The average molecular weight is 677 g/mol. The van der Waals surface area contributed by atoms with Gasteiger partial charge in [-0.25, -0.2) is 13.2 Å². The van der Waals surface area contributed by atoms with Crippen molar-refractivity contribution in [3.63, 3.8) is 0 Å². The van der Waals surface area contributed by atoms with Crippen molar-refractivity contribution in [3.8, 4) is 5.75 Å². The molecule has 1 amide bonds. The predicted molar refractivity (Wildman–Crippen MR) is 191 cm³/mol. The van der Waals surface area contributed by atoms with Crippen LogP contribution < -0.4 is 10.1 Å². The Bertz CT molecular complexity index is 1990. The summed E-state index contributed by atoms with van der Waals surface area (Å²) in [6.07, 6.45) is 0.133. The Morgan fingerprint density at radius 3 is 1.82 bits per heavy atom. The molecule has 0 bridgehead atoms. The van der Waals surface area contributed by atoms with Gasteiger partial charge in [-0.05, 0) is 67.1 Å². The Balaban J connectivity index is 1.44. The number of rotatable bonds is 13. The maximum absolute atomic E-state index is 14.1. The van der Waals surface area contributed by atoms with Crippen LogP contribution >= 0.6 is 0 Å². The zero-order chi connectivity index (χ0) is 35.0. The van der Waals surface area contributed by atoms with Gasteiger partial charge < -0.3 is 14.8 Å². The second kappa shape index (κ2) is 15.8. The Hall–Kier alpha value is -5.25. The molecule has 8 nitrogen and oxygen atoms in total. The molecule has 0 heterocycles. The highest BCUT2D eigenvalue weighted by Crippen LogP contribution is 2.29. The largest absolute Gasteiger partial charge is 0.488 e. The first-order chi connectivity index (χ1) is 23.5. The summed E-state index contributed by atoms with van der Waals surface area (Å²) in [6, 6.07) is 35.3. The minimum Gasteiger partial charge on any atom is -0.488 e. The summed E-state index contributed by atoms with van der Waals surface area (Å²) in [5.41, 5.74) is 5.22. The van der Waals surface area contributed by atoms with E-state index < -0.39 is 27.9 Å². The van der Waals surface area contributed by atoms with Crippen molar-refractivity contribution in [1.82, 2.24) is 4.31 Å². The fourth-order valence-corrected chi connectivity index (χ4v) is 7.48. The molecule has 1 N–H and O–H groups in total. The number of likely N-dealkylation sites (N-methyl/N-ethyl adjacent to an activating group) is 1. The number of carbonyl (C=O) groups is 2. The van der Waals surface area contributed by atoms with E-state index in [1.807, 2.05) is 110 Å². The molecule has 0 saturated carbocycles. The Kier molecular flexibility index (Phi) is 11.3. The van der Waals surface area contributed by atoms with Gasteiger partial charge in [0.25, 0.3) is 0 Å². The van der Waals surface area contributed by atoms with Crippen molar-refractivity contribution in [3.05, 3.63) is 160 Å². The highest BCUT2D eigenvalue weighted by Gasteiger charge is 2.35. The van der Waals surface area contributed by atoms with Crippen LogP contribution in [0.15, 0.2) is 126 Å². The lowest BCUT2D eigenvalue weighted by molar-refractivity contribution is -0.119. The van der Waals surface area contributed by atoms with Crippen LogP contribution in [0.4, 0.5) is 5.69 Å². The monoisotopic (exact) mass is 676 g/mol. The molecule has 0 spiro atoms. The number of ether oxygens (including phenoxy) is 2. The minimum atomic E-state index is -4.08. The van der Waals surface area contributed by atoms with Gasteiger partial charge >= 0.3 is 5.97 Å². The number of sulfonamides is 1. The first-order valence-corrected chi connectivity index (χ1v) is 17.4. The number of hydrogen-bond donors (Lipinski definition) is 1. The highest BCUT2D eigenvalue weighted by molar-refractivity contribution is 7.89. The van der Waals surface area contributed by atoms with Gasteiger partial charge in [0.05, 0.1) is 4.90 Å². The van der Waals surface area contributed by atoms with Crippen molar-refractivity contribution in [2.75, 3.05) is 12.4 Å². The van der Waals surface area contributed by atoms with Gasteiger partial charge in [0.15, 0.2) is 0 Å². The van der Waals surface area contributed by atoms with Crippen LogP contribution in [0.2, 0.25) is 0 Å². The number of esters is 1. The van der Waals surface area contributed by atoms with Gasteiger partial charge in [0.1, 0.15) is 30.6 Å². The molecule has 5 rings (SSSR count). The smallest absolute Gasteiger partial charge is 0.342 e. The summed E-state index contributed by atoms with van der Waals surface area (Å²) in [6.45, 7) is 5.69. The maximum Gasteiger partial charge on any atom is 0.342 e. The third kappa shape index (κ3) is 8.81. The Labute approximate surface area is 288 Å². The Morgan fingerprint density at radius 1 is 0.714 bits per heavy atom. The highest BCUT2D eigenvalue weighted by atomic mass is 32.2. The van der Waals surface area contributed by atoms with Crippen LogP contribution in [-0.4, -0.2) is 37.7 Å². The van der Waals surface area contributed by atoms with E-state index in [4.69, 9.17) is 9.47 Å². The van der Waals surface area contributed by atoms with E-state index in [9.17, 15) is 18.0 Å². The zero-order valence-corrected chi connectivity index (χ0v) is 28.9. The molecule has 252 valence electrons. The quantitative estimate of drug-likeness (QED) is 0.130. The first kappa shape index (κ1) is 35.1. The van der Waals surface area contributed by atoms with Gasteiger partial charge in [0.2, 0.25) is 15.9 Å². The van der Waals surface area contributed by atoms with Gasteiger partial charge in [0, 0.05) is 18.8 Å². The Morgan fingerprint density at radius 2 is 1.24 bits per heavy atom. The summed E-state index contributed by atoms with van der Waals surface area (Å²) >= 11 is 0. The standard InChI is InChI=1S/C40H40N2O6S/c1-28-22-29(2)38(30(3)23-28)49(45,46)42(4)36(24-31-14-8-5-9-15-31)39(43)41-34-20-21-35(40(44)48-27-33-18-12-7-13-19-33)37(25-34)47-26-32-16-10-6-11-17-32/h5-23,25,36H,24,26-27H2,1-4H3,(H,41,43). The molecule has 5 aromatic carbocycles. The number of aryl methyl sites for hydroxylation is 3. The fraction of sp³-hybridized carbons (Fsp3) is 0.200. The number of benzene rings is 5. The second-order valence-electron chi connectivity index (χ2n) is 12.0. The van der Waals surface area contributed by atoms with Crippen LogP contribution in [0.25, 0.3) is 0 Å². The SMILES string of the molecule is Cc1cc(C)c(S(=O)(=O)N(C)C(Cc2ccccc2)C(=O)Nc2ccc(C(=O)OCc3ccccc3)c(OCc3ccccc3)c2)c(C)c1. The van der Waals surface area contributed by atoms with E-state index in [2.05, 4.69) is 5.32 Å². The first-order valence-electron chi connectivity index (χ1n) is 16.0. The molecule has 0 aliphatic rings. The minimum absolute atomic E-state index is 0.0815. The van der Waals surface area contributed by atoms with Gasteiger partial charge in [-0.15, -0.1) is 0 Å². The van der Waals surface area contributed by atoms with E-state index in [1.165, 1.54) is 13.1 Å². The molecule has 0 aromatic heterocycles. The summed E-state index contributed by atoms with van der Waals surface area (Å²) in [5.74, 6) is -0.904. The number of amides is 1. The molecule has 0 aliphatic heterocycles. The van der Waals surface area contributed by atoms with Crippen molar-refractivity contribution in [2.24, 2.45) is 0 Å². The molecule has 49 heavy (non-hydrogen) atoms. The average Bonchev–Trinajstić information content (AvgIpc) is 3.09. The van der Waals surface area contributed by atoms with Gasteiger partial charge in [-0.1, -0.05) is 109 Å². The summed E-state index contributed by atoms with van der Waals surface area (Å²) in [7, 11) is -2.65. The number of hydrogen-bond acceptors (Lipinski definition) is 6. The third-order valence-electron chi connectivity index (χ3n) is 8.17. The van der Waals surface area contributed by atoms with Crippen LogP contribution in [0.5, 0.6) is 5.75 Å². The van der Waals surface area contributed by atoms with E-state index in [1.54, 1.807) is 26.0 Å². The fourth-order valence-electron chi connectivity index (χ4n) is 5.76. The number of anilines is 1. The van der Waals surface area contributed by atoms with Crippen LogP contribution in [0.1, 0.15) is 43.7 Å². The summed E-state index contributed by atoms with van der Waals surface area (Å²) in [5, 5.41) is 2.89.